The molecule has 2 atom stereocenters. The highest BCUT2D eigenvalue weighted by atomic mass is 32.1. The number of nitriles is 1. The van der Waals surface area contributed by atoms with Crippen LogP contribution < -0.4 is 5.32 Å². The Hall–Kier alpha value is -2.21. The number of nitrogens with zero attached hydrogens (tertiary/aromatic N) is 4. The average Bonchev–Trinajstić information content (AvgIpc) is 3.33. The Bertz CT molecular complexity index is 838. The lowest BCUT2D eigenvalue weighted by Gasteiger charge is -2.28. The number of carbonyl (C=O) groups is 1. The summed E-state index contributed by atoms with van der Waals surface area (Å²) in [6.07, 6.45) is 2.40. The van der Waals surface area contributed by atoms with Crippen LogP contribution in [0.25, 0.3) is 0 Å². The van der Waals surface area contributed by atoms with Crippen molar-refractivity contribution in [3.63, 3.8) is 0 Å². The Kier molecular flexibility index (Phi) is 6.26. The Morgan fingerprint density at radius 2 is 2.30 bits per heavy atom. The summed E-state index contributed by atoms with van der Waals surface area (Å²) in [5, 5.41) is 16.8. The molecule has 2 aromatic heterocycles. The molecular weight excluding hydrogens is 362 g/mol. The second-order valence-corrected chi connectivity index (χ2v) is 7.97. The van der Waals surface area contributed by atoms with Crippen molar-refractivity contribution in [2.75, 3.05) is 26.8 Å². The molecule has 0 radical (unpaired) electrons. The number of thiophene rings is 1. The number of carbonyl (C=O) groups excluding carboxylic acids is 1. The summed E-state index contributed by atoms with van der Waals surface area (Å²) in [6, 6.07) is 5.99. The highest BCUT2D eigenvalue weighted by Gasteiger charge is 2.41. The van der Waals surface area contributed by atoms with Gasteiger partial charge in [0, 0.05) is 62.3 Å². The van der Waals surface area contributed by atoms with Gasteiger partial charge in [-0.3, -0.25) is 9.48 Å². The molecule has 0 unspecified atom stereocenters. The first-order valence-corrected chi connectivity index (χ1v) is 9.83. The molecule has 1 N–H and O–H groups in total. The van der Waals surface area contributed by atoms with E-state index >= 15 is 0 Å². The van der Waals surface area contributed by atoms with Crippen molar-refractivity contribution in [3.05, 3.63) is 39.3 Å². The number of nitrogens with one attached hydrogen (secondary N) is 1. The largest absolute Gasteiger partial charge is 0.383 e. The van der Waals surface area contributed by atoms with Gasteiger partial charge >= 0.3 is 0 Å². The quantitative estimate of drug-likeness (QED) is 0.749. The zero-order valence-corrected chi connectivity index (χ0v) is 16.8. The zero-order valence-electron chi connectivity index (χ0n) is 15.9. The molecule has 3 rings (SSSR count). The van der Waals surface area contributed by atoms with Crippen molar-refractivity contribution in [2.45, 2.75) is 25.9 Å². The highest BCUT2D eigenvalue weighted by Crippen LogP contribution is 2.38. The van der Waals surface area contributed by atoms with E-state index in [-0.39, 0.29) is 17.9 Å². The first-order chi connectivity index (χ1) is 13.0. The second-order valence-electron chi connectivity index (χ2n) is 6.81. The molecule has 1 fully saturated rings. The first-order valence-electron chi connectivity index (χ1n) is 9.01. The lowest BCUT2D eigenvalue weighted by atomic mass is 9.94. The number of hydrogen-bond acceptors (Lipinski definition) is 6. The fraction of sp³-hybridized carbons (Fsp3) is 0.526. The fourth-order valence-corrected chi connectivity index (χ4v) is 4.42. The number of ether oxygens (including phenoxy) is 1. The fourth-order valence-electron chi connectivity index (χ4n) is 3.64. The van der Waals surface area contributed by atoms with Crippen LogP contribution in [-0.4, -0.2) is 47.4 Å². The van der Waals surface area contributed by atoms with Gasteiger partial charge in [0.2, 0.25) is 5.91 Å². The molecule has 1 amide bonds. The number of likely N-dealkylation sites (tertiary alicyclic amines) is 1. The van der Waals surface area contributed by atoms with Crippen molar-refractivity contribution in [1.82, 2.24) is 20.0 Å². The Morgan fingerprint density at radius 1 is 1.48 bits per heavy atom. The van der Waals surface area contributed by atoms with Gasteiger partial charge in [-0.15, -0.1) is 11.3 Å². The molecule has 144 valence electrons. The number of methoxy groups -OCH3 is 1. The molecular formula is C19H25N5O2S. The molecule has 8 heteroatoms. The van der Waals surface area contributed by atoms with Gasteiger partial charge in [-0.1, -0.05) is 0 Å². The van der Waals surface area contributed by atoms with Crippen molar-refractivity contribution in [3.8, 4) is 6.07 Å². The summed E-state index contributed by atoms with van der Waals surface area (Å²) in [6.45, 7) is 4.58. The number of hydrogen-bond donors (Lipinski definition) is 1. The van der Waals surface area contributed by atoms with E-state index < -0.39 is 0 Å². The predicted molar refractivity (Wildman–Crippen MR) is 103 cm³/mol. The van der Waals surface area contributed by atoms with Crippen molar-refractivity contribution in [1.29, 1.82) is 5.26 Å². The van der Waals surface area contributed by atoms with E-state index in [0.717, 1.165) is 27.6 Å². The smallest absolute Gasteiger partial charge is 0.223 e. The molecule has 7 nitrogen and oxygen atoms in total. The third kappa shape index (κ3) is 4.21. The topological polar surface area (TPSA) is 83.2 Å². The lowest BCUT2D eigenvalue weighted by molar-refractivity contribution is -0.129. The summed E-state index contributed by atoms with van der Waals surface area (Å²) in [5.41, 5.74) is 2.19. The molecule has 0 spiro atoms. The van der Waals surface area contributed by atoms with Gasteiger partial charge in [0.1, 0.15) is 10.9 Å². The molecule has 0 bridgehead atoms. The molecule has 3 heterocycles. The normalized spacial score (nSPS) is 19.6. The van der Waals surface area contributed by atoms with Gasteiger partial charge < -0.3 is 15.0 Å². The van der Waals surface area contributed by atoms with Crippen molar-refractivity contribution in [2.24, 2.45) is 13.0 Å². The maximum absolute atomic E-state index is 12.6. The van der Waals surface area contributed by atoms with Gasteiger partial charge in [0.15, 0.2) is 0 Å². The molecule has 2 aromatic rings. The Morgan fingerprint density at radius 3 is 2.93 bits per heavy atom. The maximum atomic E-state index is 12.6. The summed E-state index contributed by atoms with van der Waals surface area (Å²) in [7, 11) is 3.58. The first kappa shape index (κ1) is 19.5. The minimum absolute atomic E-state index is 0.00635. The van der Waals surface area contributed by atoms with Crippen molar-refractivity contribution >= 4 is 17.2 Å². The van der Waals surface area contributed by atoms with Crippen LogP contribution in [0, 0.1) is 24.2 Å². The number of aromatic nitrogens is 2. The molecule has 0 saturated carbocycles. The molecule has 0 aliphatic carbocycles. The molecule has 1 aliphatic rings. The van der Waals surface area contributed by atoms with Crippen LogP contribution in [0.4, 0.5) is 0 Å². The summed E-state index contributed by atoms with van der Waals surface area (Å²) >= 11 is 1.50. The van der Waals surface area contributed by atoms with E-state index in [1.54, 1.807) is 7.11 Å². The van der Waals surface area contributed by atoms with Crippen LogP contribution >= 0.6 is 11.3 Å². The molecule has 0 aromatic carbocycles. The van der Waals surface area contributed by atoms with Gasteiger partial charge in [-0.2, -0.15) is 10.4 Å². The highest BCUT2D eigenvalue weighted by molar-refractivity contribution is 7.12. The SMILES string of the molecule is COCCN1C(=O)C[C@@H](CNCc2ccc(C#N)s2)[C@@H]1c1cnn(C)c1C. The van der Waals surface area contributed by atoms with E-state index in [2.05, 4.69) is 16.5 Å². The Balaban J connectivity index is 1.72. The van der Waals surface area contributed by atoms with Crippen LogP contribution in [0.1, 0.15) is 33.5 Å². The van der Waals surface area contributed by atoms with Gasteiger partial charge in [-0.25, -0.2) is 0 Å². The standard InChI is InChI=1S/C19H25N5O2S/c1-13-17(12-22-23(13)2)19-14(8-18(25)24(19)6-7-26-3)10-21-11-16-5-4-15(9-20)27-16/h4-5,12,14,19,21H,6-8,10-11H2,1-3H3/t14-,19+/m0/s1. The number of amides is 1. The summed E-state index contributed by atoms with van der Waals surface area (Å²) in [5.74, 6) is 0.336. The number of rotatable bonds is 8. The van der Waals surface area contributed by atoms with E-state index in [9.17, 15) is 4.79 Å². The number of aryl methyl sites for hydroxylation is 1. The maximum Gasteiger partial charge on any atom is 0.223 e. The minimum Gasteiger partial charge on any atom is -0.383 e. The molecule has 1 aliphatic heterocycles. The van der Waals surface area contributed by atoms with Crippen LogP contribution in [0.15, 0.2) is 18.3 Å². The Labute approximate surface area is 163 Å². The van der Waals surface area contributed by atoms with Gasteiger partial charge in [0.05, 0.1) is 18.8 Å². The van der Waals surface area contributed by atoms with E-state index in [4.69, 9.17) is 10.00 Å². The van der Waals surface area contributed by atoms with E-state index in [1.807, 2.05) is 41.9 Å². The predicted octanol–water partition coefficient (Wildman–Crippen LogP) is 1.99. The van der Waals surface area contributed by atoms with Gasteiger partial charge in [-0.05, 0) is 19.1 Å². The minimum atomic E-state index is 0.00635. The van der Waals surface area contributed by atoms with Crippen LogP contribution in [0.2, 0.25) is 0 Å². The molecule has 1 saturated heterocycles. The van der Waals surface area contributed by atoms with Crippen molar-refractivity contribution < 1.29 is 9.53 Å². The summed E-state index contributed by atoms with van der Waals surface area (Å²) in [4.78, 5) is 16.4. The van der Waals surface area contributed by atoms with E-state index in [0.29, 0.717) is 26.1 Å². The zero-order chi connectivity index (χ0) is 19.4. The monoisotopic (exact) mass is 387 g/mol. The van der Waals surface area contributed by atoms with Crippen LogP contribution in [0.5, 0.6) is 0 Å². The van der Waals surface area contributed by atoms with E-state index in [1.165, 1.54) is 11.3 Å². The summed E-state index contributed by atoms with van der Waals surface area (Å²) < 4.78 is 7.06. The van der Waals surface area contributed by atoms with Crippen LogP contribution in [-0.2, 0) is 23.1 Å². The van der Waals surface area contributed by atoms with Crippen LogP contribution in [0.3, 0.4) is 0 Å². The third-order valence-electron chi connectivity index (χ3n) is 5.15. The second kappa shape index (κ2) is 8.65. The third-order valence-corrected chi connectivity index (χ3v) is 6.14. The van der Waals surface area contributed by atoms with Gasteiger partial charge in [0.25, 0.3) is 0 Å². The lowest BCUT2D eigenvalue weighted by Crippen LogP contribution is -2.34. The molecule has 27 heavy (non-hydrogen) atoms. The average molecular weight is 388 g/mol.